The molecule has 0 aliphatic carbocycles. The molecule has 6 aromatic carbocycles. The van der Waals surface area contributed by atoms with Gasteiger partial charge in [-0.3, -0.25) is 0 Å². The third kappa shape index (κ3) is 3.57. The maximum atomic E-state index is 6.48. The van der Waals surface area contributed by atoms with Gasteiger partial charge < -0.3 is 13.7 Å². The normalized spacial score (nSPS) is 11.8. The molecule has 4 nitrogen and oxygen atoms in total. The van der Waals surface area contributed by atoms with Gasteiger partial charge in [0.2, 0.25) is 0 Å². The summed E-state index contributed by atoms with van der Waals surface area (Å²) in [4.78, 5) is 7.19. The predicted octanol–water partition coefficient (Wildman–Crippen LogP) is 11.2. The van der Waals surface area contributed by atoms with Gasteiger partial charge in [0.25, 0.3) is 0 Å². The summed E-state index contributed by atoms with van der Waals surface area (Å²) >= 11 is 1.71. The van der Waals surface area contributed by atoms with Crippen LogP contribution in [0.25, 0.3) is 64.7 Å². The zero-order valence-corrected chi connectivity index (χ0v) is 23.1. The number of hydrogen-bond donors (Lipinski definition) is 0. The quantitative estimate of drug-likeness (QED) is 0.215. The molecule has 198 valence electrons. The molecule has 3 aromatic heterocycles. The minimum Gasteiger partial charge on any atom is -0.456 e. The lowest BCUT2D eigenvalue weighted by Gasteiger charge is -2.25. The summed E-state index contributed by atoms with van der Waals surface area (Å²) < 4.78 is 13.9. The maximum absolute atomic E-state index is 6.48. The van der Waals surface area contributed by atoms with Gasteiger partial charge in [-0.2, -0.15) is 0 Å². The van der Waals surface area contributed by atoms with Gasteiger partial charge in [-0.05, 0) is 54.6 Å². The molecule has 0 saturated carbocycles. The first-order chi connectivity index (χ1) is 20.8. The van der Waals surface area contributed by atoms with E-state index in [0.717, 1.165) is 81.7 Å². The molecule has 42 heavy (non-hydrogen) atoms. The molecule has 5 heteroatoms. The van der Waals surface area contributed by atoms with E-state index in [1.165, 1.54) is 0 Å². The van der Waals surface area contributed by atoms with Crippen molar-refractivity contribution in [3.05, 3.63) is 133 Å². The molecule has 0 N–H and O–H groups in total. The number of thiazole rings is 1. The van der Waals surface area contributed by atoms with Crippen molar-refractivity contribution in [2.75, 3.05) is 4.90 Å². The largest absolute Gasteiger partial charge is 0.456 e. The molecule has 0 amide bonds. The van der Waals surface area contributed by atoms with Crippen LogP contribution < -0.4 is 4.90 Å². The lowest BCUT2D eigenvalue weighted by molar-refractivity contribution is 0.669. The highest BCUT2D eigenvalue weighted by Crippen LogP contribution is 2.43. The van der Waals surface area contributed by atoms with E-state index in [2.05, 4.69) is 102 Å². The fraction of sp³-hybridized carbons (Fsp3) is 0. The first-order valence-corrected chi connectivity index (χ1v) is 14.7. The van der Waals surface area contributed by atoms with Gasteiger partial charge in [-0.25, -0.2) is 4.98 Å². The second kappa shape index (κ2) is 9.06. The van der Waals surface area contributed by atoms with Crippen LogP contribution in [0.5, 0.6) is 0 Å². The smallest absolute Gasteiger partial charge is 0.137 e. The fourth-order valence-electron chi connectivity index (χ4n) is 5.96. The van der Waals surface area contributed by atoms with Gasteiger partial charge in [0, 0.05) is 56.3 Å². The molecular formula is C37H22N2O2S. The number of benzene rings is 6. The Morgan fingerprint density at radius 2 is 1.14 bits per heavy atom. The molecule has 0 unspecified atom stereocenters. The number of para-hydroxylation sites is 2. The third-order valence-corrected chi connectivity index (χ3v) is 9.03. The minimum atomic E-state index is 0.843. The Balaban J connectivity index is 1.22. The van der Waals surface area contributed by atoms with E-state index < -0.39 is 0 Å². The van der Waals surface area contributed by atoms with E-state index in [-0.39, 0.29) is 0 Å². The molecule has 0 saturated heterocycles. The number of fused-ring (bicyclic) bond motifs is 8. The molecule has 0 bridgehead atoms. The summed E-state index contributed by atoms with van der Waals surface area (Å²) in [6.07, 6.45) is 0. The van der Waals surface area contributed by atoms with Gasteiger partial charge in [-0.1, -0.05) is 66.7 Å². The summed E-state index contributed by atoms with van der Waals surface area (Å²) in [6, 6.07) is 45.9. The summed E-state index contributed by atoms with van der Waals surface area (Å²) in [5.74, 6) is 0. The van der Waals surface area contributed by atoms with Crippen LogP contribution in [-0.4, -0.2) is 4.98 Å². The second-order valence-electron chi connectivity index (χ2n) is 10.4. The van der Waals surface area contributed by atoms with Crippen LogP contribution in [-0.2, 0) is 0 Å². The lowest BCUT2D eigenvalue weighted by atomic mass is 10.1. The van der Waals surface area contributed by atoms with Crippen molar-refractivity contribution in [2.24, 2.45) is 0 Å². The SMILES string of the molecule is c1ccc(-c2nc3ccc4oc5cc(N(c6ccccc6)c6ccc7c(c6)oc6ccccc67)ccc5c4c3s2)cc1. The zero-order chi connectivity index (χ0) is 27.6. The molecule has 3 heterocycles. The minimum absolute atomic E-state index is 0.843. The molecule has 0 radical (unpaired) electrons. The van der Waals surface area contributed by atoms with Crippen molar-refractivity contribution >= 4 is 82.5 Å². The lowest BCUT2D eigenvalue weighted by Crippen LogP contribution is -2.09. The number of anilines is 3. The first kappa shape index (κ1) is 23.3. The summed E-state index contributed by atoms with van der Waals surface area (Å²) in [5, 5.41) is 5.45. The number of furan rings is 2. The van der Waals surface area contributed by atoms with E-state index in [0.29, 0.717) is 0 Å². The van der Waals surface area contributed by atoms with Crippen molar-refractivity contribution in [2.45, 2.75) is 0 Å². The molecule has 0 atom stereocenters. The molecule has 9 aromatic rings. The average molecular weight is 559 g/mol. The van der Waals surface area contributed by atoms with Crippen LogP contribution in [0, 0.1) is 0 Å². The van der Waals surface area contributed by atoms with Gasteiger partial charge in [0.1, 0.15) is 27.3 Å². The Hall–Kier alpha value is -5.39. The van der Waals surface area contributed by atoms with E-state index in [4.69, 9.17) is 13.8 Å². The fourth-order valence-corrected chi connectivity index (χ4v) is 7.08. The highest BCUT2D eigenvalue weighted by molar-refractivity contribution is 7.22. The summed E-state index contributed by atoms with van der Waals surface area (Å²) in [5.41, 5.74) is 8.66. The van der Waals surface area contributed by atoms with Gasteiger partial charge in [-0.15, -0.1) is 11.3 Å². The third-order valence-electron chi connectivity index (χ3n) is 7.89. The average Bonchev–Trinajstić information content (AvgIpc) is 3.74. The van der Waals surface area contributed by atoms with E-state index in [1.807, 2.05) is 36.4 Å². The Bertz CT molecular complexity index is 2420. The molecule has 0 spiro atoms. The summed E-state index contributed by atoms with van der Waals surface area (Å²) in [7, 11) is 0. The Morgan fingerprint density at radius 1 is 0.500 bits per heavy atom. The Morgan fingerprint density at radius 3 is 1.95 bits per heavy atom. The van der Waals surface area contributed by atoms with E-state index >= 15 is 0 Å². The Kier molecular flexibility index (Phi) is 5.03. The molecule has 0 aliphatic rings. The molecular weight excluding hydrogens is 536 g/mol. The number of nitrogens with zero attached hydrogens (tertiary/aromatic N) is 2. The van der Waals surface area contributed by atoms with Gasteiger partial charge in [0.05, 0.1) is 10.2 Å². The van der Waals surface area contributed by atoms with Crippen LogP contribution >= 0.6 is 11.3 Å². The van der Waals surface area contributed by atoms with Crippen LogP contribution in [0.3, 0.4) is 0 Å². The monoisotopic (exact) mass is 558 g/mol. The molecule has 0 fully saturated rings. The highest BCUT2D eigenvalue weighted by atomic mass is 32.1. The van der Waals surface area contributed by atoms with Crippen molar-refractivity contribution in [1.82, 2.24) is 4.98 Å². The van der Waals surface area contributed by atoms with Crippen LogP contribution in [0.2, 0.25) is 0 Å². The van der Waals surface area contributed by atoms with Gasteiger partial charge >= 0.3 is 0 Å². The van der Waals surface area contributed by atoms with Crippen LogP contribution in [0.1, 0.15) is 0 Å². The molecule has 0 aliphatic heterocycles. The second-order valence-corrected chi connectivity index (χ2v) is 11.4. The van der Waals surface area contributed by atoms with Crippen LogP contribution in [0.15, 0.2) is 142 Å². The maximum Gasteiger partial charge on any atom is 0.137 e. The first-order valence-electron chi connectivity index (χ1n) is 13.9. The van der Waals surface area contributed by atoms with E-state index in [1.54, 1.807) is 11.3 Å². The van der Waals surface area contributed by atoms with E-state index in [9.17, 15) is 0 Å². The molecule has 9 rings (SSSR count). The van der Waals surface area contributed by atoms with Gasteiger partial charge in [0.15, 0.2) is 0 Å². The number of rotatable bonds is 4. The van der Waals surface area contributed by atoms with Crippen molar-refractivity contribution in [3.8, 4) is 10.6 Å². The Labute approximate surface area is 244 Å². The van der Waals surface area contributed by atoms with Crippen molar-refractivity contribution in [3.63, 3.8) is 0 Å². The zero-order valence-electron chi connectivity index (χ0n) is 22.3. The van der Waals surface area contributed by atoms with Crippen LogP contribution in [0.4, 0.5) is 17.1 Å². The summed E-state index contributed by atoms with van der Waals surface area (Å²) in [6.45, 7) is 0. The standard InChI is InChI=1S/C37H22N2O2S/c1-3-9-23(10-4-1)37-38-30-19-20-32-35(36(30)42-37)29-18-16-26(22-34(29)41-32)39(24-11-5-2-6-12-24)25-15-17-28-27-13-7-8-14-31(27)40-33(28)21-25/h1-22H. The van der Waals surface area contributed by atoms with Crippen molar-refractivity contribution in [1.29, 1.82) is 0 Å². The van der Waals surface area contributed by atoms with Crippen molar-refractivity contribution < 1.29 is 8.83 Å². The number of aromatic nitrogens is 1. The topological polar surface area (TPSA) is 42.4 Å². The number of hydrogen-bond acceptors (Lipinski definition) is 5. The predicted molar refractivity (Wildman–Crippen MR) is 174 cm³/mol. The highest BCUT2D eigenvalue weighted by Gasteiger charge is 2.19.